The van der Waals surface area contributed by atoms with Crippen LogP contribution in [0.5, 0.6) is 5.75 Å². The van der Waals surface area contributed by atoms with Crippen LogP contribution in [0.4, 0.5) is 0 Å². The van der Waals surface area contributed by atoms with Crippen LogP contribution in [0.3, 0.4) is 0 Å². The van der Waals surface area contributed by atoms with Crippen LogP contribution >= 0.6 is 0 Å². The van der Waals surface area contributed by atoms with Gasteiger partial charge in [-0.2, -0.15) is 0 Å². The zero-order valence-electron chi connectivity index (χ0n) is 9.62. The lowest BCUT2D eigenvalue weighted by atomic mass is 10.0. The molecule has 0 unspecified atom stereocenters. The fourth-order valence-electron chi connectivity index (χ4n) is 2.19. The zero-order valence-corrected chi connectivity index (χ0v) is 9.62. The summed E-state index contributed by atoms with van der Waals surface area (Å²) in [5.41, 5.74) is 3.73. The summed E-state index contributed by atoms with van der Waals surface area (Å²) in [6.45, 7) is 2.50. The third-order valence-corrected chi connectivity index (χ3v) is 3.12. The van der Waals surface area contributed by atoms with Gasteiger partial charge < -0.3 is 9.72 Å². The quantitative estimate of drug-likeness (QED) is 0.813. The second kappa shape index (κ2) is 3.77. The molecule has 0 aliphatic carbocycles. The van der Waals surface area contributed by atoms with Crippen molar-refractivity contribution in [3.8, 4) is 17.0 Å². The number of fused-ring (bicyclic) bond motifs is 3. The summed E-state index contributed by atoms with van der Waals surface area (Å²) in [6.07, 6.45) is 0.740. The van der Waals surface area contributed by atoms with Crippen LogP contribution in [0.2, 0.25) is 0 Å². The number of pyridine rings is 1. The molecular weight excluding hydrogens is 214 g/mol. The van der Waals surface area contributed by atoms with Gasteiger partial charge in [0.05, 0.1) is 5.69 Å². The van der Waals surface area contributed by atoms with Gasteiger partial charge in [-0.15, -0.1) is 0 Å². The number of aromatic amines is 1. The number of ether oxygens (including phenoxy) is 1. The van der Waals surface area contributed by atoms with Crippen LogP contribution in [0.1, 0.15) is 18.1 Å². The summed E-state index contributed by atoms with van der Waals surface area (Å²) < 4.78 is 5.67. The number of benzene rings is 1. The standard InChI is InChI=1S/C14H13NO2/c1-2-9-7-10-8-17-12-6-4-3-5-11(12)13(10)15-14(9)16/h3-7H,2,8H2,1H3,(H,15,16). The van der Waals surface area contributed by atoms with Gasteiger partial charge in [-0.05, 0) is 24.6 Å². The third kappa shape index (κ3) is 1.55. The van der Waals surface area contributed by atoms with Crippen molar-refractivity contribution in [1.82, 2.24) is 4.98 Å². The molecule has 0 bridgehead atoms. The molecule has 0 spiro atoms. The Labute approximate surface area is 99.1 Å². The van der Waals surface area contributed by atoms with Crippen LogP contribution in [-0.4, -0.2) is 4.98 Å². The molecule has 3 rings (SSSR count). The maximum atomic E-state index is 11.8. The Kier molecular flexibility index (Phi) is 2.25. The molecule has 0 amide bonds. The lowest BCUT2D eigenvalue weighted by Gasteiger charge is -2.20. The van der Waals surface area contributed by atoms with E-state index in [1.807, 2.05) is 37.3 Å². The van der Waals surface area contributed by atoms with Crippen molar-refractivity contribution in [2.24, 2.45) is 0 Å². The molecule has 3 heteroatoms. The summed E-state index contributed by atoms with van der Waals surface area (Å²) in [4.78, 5) is 14.8. The van der Waals surface area contributed by atoms with Crippen LogP contribution in [-0.2, 0) is 13.0 Å². The predicted octanol–water partition coefficient (Wildman–Crippen LogP) is 2.50. The van der Waals surface area contributed by atoms with E-state index in [2.05, 4.69) is 4.98 Å². The Bertz CT molecular complexity index is 628. The fourth-order valence-corrected chi connectivity index (χ4v) is 2.19. The van der Waals surface area contributed by atoms with E-state index < -0.39 is 0 Å². The van der Waals surface area contributed by atoms with Gasteiger partial charge in [-0.25, -0.2) is 0 Å². The maximum absolute atomic E-state index is 11.8. The highest BCUT2D eigenvalue weighted by atomic mass is 16.5. The average Bonchev–Trinajstić information content (AvgIpc) is 2.38. The highest BCUT2D eigenvalue weighted by molar-refractivity contribution is 5.71. The molecule has 1 N–H and O–H groups in total. The number of nitrogens with one attached hydrogen (secondary N) is 1. The van der Waals surface area contributed by atoms with Crippen molar-refractivity contribution < 1.29 is 4.74 Å². The molecule has 2 heterocycles. The van der Waals surface area contributed by atoms with Gasteiger partial charge in [-0.3, -0.25) is 4.79 Å². The Morgan fingerprint density at radius 1 is 1.35 bits per heavy atom. The van der Waals surface area contributed by atoms with Gasteiger partial charge in [-0.1, -0.05) is 19.1 Å². The van der Waals surface area contributed by atoms with Gasteiger partial charge in [0.1, 0.15) is 12.4 Å². The zero-order chi connectivity index (χ0) is 11.8. The normalized spacial score (nSPS) is 12.5. The van der Waals surface area contributed by atoms with Crippen LogP contribution < -0.4 is 10.3 Å². The van der Waals surface area contributed by atoms with E-state index in [1.54, 1.807) is 0 Å². The first-order valence-corrected chi connectivity index (χ1v) is 5.77. The topological polar surface area (TPSA) is 42.1 Å². The number of hydrogen-bond donors (Lipinski definition) is 1. The van der Waals surface area contributed by atoms with E-state index in [0.717, 1.165) is 34.6 Å². The largest absolute Gasteiger partial charge is 0.488 e. The molecule has 1 aliphatic heterocycles. The summed E-state index contributed by atoms with van der Waals surface area (Å²) in [7, 11) is 0. The number of aromatic nitrogens is 1. The Hall–Kier alpha value is -2.03. The SMILES string of the molecule is CCc1cc2c([nH]c1=O)-c1ccccc1OC2. The summed E-state index contributed by atoms with van der Waals surface area (Å²) in [5.74, 6) is 0.833. The summed E-state index contributed by atoms with van der Waals surface area (Å²) >= 11 is 0. The van der Waals surface area contributed by atoms with Gasteiger partial charge in [0.15, 0.2) is 0 Å². The molecule has 0 atom stereocenters. The van der Waals surface area contributed by atoms with E-state index in [-0.39, 0.29) is 5.56 Å². The van der Waals surface area contributed by atoms with Gasteiger partial charge in [0, 0.05) is 16.7 Å². The molecule has 2 aromatic rings. The molecule has 0 saturated carbocycles. The molecule has 1 aromatic carbocycles. The predicted molar refractivity (Wildman–Crippen MR) is 66.2 cm³/mol. The van der Waals surface area contributed by atoms with E-state index >= 15 is 0 Å². The molecule has 3 nitrogen and oxygen atoms in total. The number of hydrogen-bond acceptors (Lipinski definition) is 2. The van der Waals surface area contributed by atoms with E-state index in [4.69, 9.17) is 4.74 Å². The highest BCUT2D eigenvalue weighted by Crippen LogP contribution is 2.35. The molecule has 0 saturated heterocycles. The second-order valence-corrected chi connectivity index (χ2v) is 4.16. The number of rotatable bonds is 1. The monoisotopic (exact) mass is 227 g/mol. The van der Waals surface area contributed by atoms with E-state index in [1.165, 1.54) is 0 Å². The van der Waals surface area contributed by atoms with E-state index in [0.29, 0.717) is 6.61 Å². The average molecular weight is 227 g/mol. The van der Waals surface area contributed by atoms with Crippen molar-refractivity contribution in [3.05, 3.63) is 51.8 Å². The Morgan fingerprint density at radius 3 is 3.00 bits per heavy atom. The maximum Gasteiger partial charge on any atom is 0.251 e. The Morgan fingerprint density at radius 2 is 2.18 bits per heavy atom. The number of para-hydroxylation sites is 1. The molecule has 17 heavy (non-hydrogen) atoms. The minimum Gasteiger partial charge on any atom is -0.488 e. The van der Waals surface area contributed by atoms with Gasteiger partial charge in [0.25, 0.3) is 5.56 Å². The van der Waals surface area contributed by atoms with E-state index in [9.17, 15) is 4.79 Å². The first-order valence-electron chi connectivity index (χ1n) is 5.77. The second-order valence-electron chi connectivity index (χ2n) is 4.16. The molecule has 1 aliphatic rings. The van der Waals surface area contributed by atoms with Crippen molar-refractivity contribution in [3.63, 3.8) is 0 Å². The number of aryl methyl sites for hydroxylation is 1. The first kappa shape index (κ1) is 10.1. The Balaban J connectivity index is 2.26. The highest BCUT2D eigenvalue weighted by Gasteiger charge is 2.18. The van der Waals surface area contributed by atoms with Crippen LogP contribution in [0.15, 0.2) is 35.1 Å². The number of H-pyrrole nitrogens is 1. The minimum absolute atomic E-state index is 0.00273. The molecular formula is C14H13NO2. The van der Waals surface area contributed by atoms with Crippen molar-refractivity contribution in [1.29, 1.82) is 0 Å². The van der Waals surface area contributed by atoms with Gasteiger partial charge >= 0.3 is 0 Å². The lowest BCUT2D eigenvalue weighted by molar-refractivity contribution is 0.301. The van der Waals surface area contributed by atoms with Gasteiger partial charge in [0.2, 0.25) is 0 Å². The van der Waals surface area contributed by atoms with Crippen molar-refractivity contribution in [2.45, 2.75) is 20.0 Å². The fraction of sp³-hybridized carbons (Fsp3) is 0.214. The lowest BCUT2D eigenvalue weighted by Crippen LogP contribution is -2.17. The summed E-state index contributed by atoms with van der Waals surface area (Å²) in [6, 6.07) is 9.72. The van der Waals surface area contributed by atoms with Crippen molar-refractivity contribution in [2.75, 3.05) is 0 Å². The smallest absolute Gasteiger partial charge is 0.251 e. The third-order valence-electron chi connectivity index (χ3n) is 3.12. The molecule has 86 valence electrons. The first-order chi connectivity index (χ1) is 8.29. The van der Waals surface area contributed by atoms with Crippen molar-refractivity contribution >= 4 is 0 Å². The molecule has 0 fully saturated rings. The molecule has 1 aromatic heterocycles. The molecule has 0 radical (unpaired) electrons. The summed E-state index contributed by atoms with van der Waals surface area (Å²) in [5, 5.41) is 0. The van der Waals surface area contributed by atoms with Crippen LogP contribution in [0.25, 0.3) is 11.3 Å². The minimum atomic E-state index is 0.00273. The van der Waals surface area contributed by atoms with Crippen LogP contribution in [0, 0.1) is 0 Å².